The molecular formula is C11H23N3O. The number of urea groups is 1. The Morgan fingerprint density at radius 2 is 2.20 bits per heavy atom. The van der Waals surface area contributed by atoms with Crippen LogP contribution in [0.3, 0.4) is 0 Å². The van der Waals surface area contributed by atoms with Gasteiger partial charge in [0, 0.05) is 12.1 Å². The highest BCUT2D eigenvalue weighted by molar-refractivity contribution is 5.77. The molecule has 1 heterocycles. The summed E-state index contributed by atoms with van der Waals surface area (Å²) in [5, 5.41) is 3.01. The average Bonchev–Trinajstić information content (AvgIpc) is 2.47. The summed E-state index contributed by atoms with van der Waals surface area (Å²) < 4.78 is 0. The van der Waals surface area contributed by atoms with Crippen LogP contribution in [0.5, 0.6) is 0 Å². The summed E-state index contributed by atoms with van der Waals surface area (Å²) in [6.45, 7) is 9.81. The highest BCUT2D eigenvalue weighted by atomic mass is 16.2. The van der Waals surface area contributed by atoms with Crippen LogP contribution >= 0.6 is 0 Å². The van der Waals surface area contributed by atoms with Gasteiger partial charge < -0.3 is 16.0 Å². The predicted octanol–water partition coefficient (Wildman–Crippen LogP) is 1.16. The van der Waals surface area contributed by atoms with Gasteiger partial charge in [0.25, 0.3) is 0 Å². The zero-order valence-electron chi connectivity index (χ0n) is 10.2. The fourth-order valence-corrected chi connectivity index (χ4v) is 1.95. The van der Waals surface area contributed by atoms with Gasteiger partial charge in [-0.15, -0.1) is 0 Å². The van der Waals surface area contributed by atoms with Crippen molar-refractivity contribution in [1.82, 2.24) is 10.2 Å². The SMILES string of the molecule is CC(C)C1CN(C(C)(C)CCN)C(=O)N1. The minimum Gasteiger partial charge on any atom is -0.333 e. The molecule has 1 atom stereocenters. The lowest BCUT2D eigenvalue weighted by atomic mass is 9.97. The minimum absolute atomic E-state index is 0.0483. The number of hydrogen-bond donors (Lipinski definition) is 2. The minimum atomic E-state index is -0.136. The largest absolute Gasteiger partial charge is 0.333 e. The van der Waals surface area contributed by atoms with Crippen molar-refractivity contribution in [2.24, 2.45) is 11.7 Å². The second-order valence-corrected chi connectivity index (χ2v) is 5.26. The van der Waals surface area contributed by atoms with Crippen molar-refractivity contribution in [3.8, 4) is 0 Å². The first kappa shape index (κ1) is 12.3. The predicted molar refractivity (Wildman–Crippen MR) is 61.6 cm³/mol. The van der Waals surface area contributed by atoms with E-state index in [0.29, 0.717) is 12.5 Å². The Balaban J connectivity index is 2.68. The van der Waals surface area contributed by atoms with Gasteiger partial charge in [-0.3, -0.25) is 0 Å². The zero-order chi connectivity index (χ0) is 11.6. The van der Waals surface area contributed by atoms with Crippen LogP contribution in [0.4, 0.5) is 4.79 Å². The number of carbonyl (C=O) groups excluding carboxylic acids is 1. The fraction of sp³-hybridized carbons (Fsp3) is 0.909. The summed E-state index contributed by atoms with van der Waals surface area (Å²) in [5.41, 5.74) is 5.43. The lowest BCUT2D eigenvalue weighted by molar-refractivity contribution is 0.152. The Labute approximate surface area is 92.2 Å². The van der Waals surface area contributed by atoms with Crippen molar-refractivity contribution >= 4 is 6.03 Å². The van der Waals surface area contributed by atoms with E-state index < -0.39 is 0 Å². The van der Waals surface area contributed by atoms with Gasteiger partial charge in [0.05, 0.1) is 6.04 Å². The van der Waals surface area contributed by atoms with Gasteiger partial charge in [0.15, 0.2) is 0 Å². The molecule has 0 spiro atoms. The van der Waals surface area contributed by atoms with Crippen molar-refractivity contribution in [3.05, 3.63) is 0 Å². The molecule has 0 aromatic carbocycles. The molecule has 1 fully saturated rings. The molecule has 1 unspecified atom stereocenters. The summed E-state index contributed by atoms with van der Waals surface area (Å²) in [5.74, 6) is 0.479. The van der Waals surface area contributed by atoms with Crippen LogP contribution in [0.2, 0.25) is 0 Å². The van der Waals surface area contributed by atoms with Crippen LogP contribution in [0.1, 0.15) is 34.1 Å². The van der Waals surface area contributed by atoms with Gasteiger partial charge in [0.1, 0.15) is 0 Å². The third kappa shape index (κ3) is 2.62. The van der Waals surface area contributed by atoms with Gasteiger partial charge in [-0.05, 0) is 32.7 Å². The summed E-state index contributed by atoms with van der Waals surface area (Å²) in [6, 6.07) is 0.321. The Morgan fingerprint density at radius 1 is 1.60 bits per heavy atom. The fourth-order valence-electron chi connectivity index (χ4n) is 1.95. The first-order valence-electron chi connectivity index (χ1n) is 5.66. The van der Waals surface area contributed by atoms with E-state index >= 15 is 0 Å². The molecule has 4 nitrogen and oxygen atoms in total. The smallest absolute Gasteiger partial charge is 0.318 e. The number of hydrogen-bond acceptors (Lipinski definition) is 2. The van der Waals surface area contributed by atoms with Crippen molar-refractivity contribution in [2.75, 3.05) is 13.1 Å². The Morgan fingerprint density at radius 3 is 2.60 bits per heavy atom. The molecule has 1 aliphatic heterocycles. The molecule has 0 aromatic heterocycles. The molecule has 4 heteroatoms. The first-order chi connectivity index (χ1) is 6.88. The molecule has 3 N–H and O–H groups in total. The number of carbonyl (C=O) groups is 1. The second kappa shape index (κ2) is 4.39. The maximum atomic E-state index is 11.8. The van der Waals surface area contributed by atoms with Crippen LogP contribution in [-0.2, 0) is 0 Å². The van der Waals surface area contributed by atoms with E-state index in [4.69, 9.17) is 5.73 Å². The maximum absolute atomic E-state index is 11.8. The summed E-state index contributed by atoms with van der Waals surface area (Å²) in [6.07, 6.45) is 0.839. The summed E-state index contributed by atoms with van der Waals surface area (Å²) >= 11 is 0. The third-order valence-electron chi connectivity index (χ3n) is 3.22. The average molecular weight is 213 g/mol. The van der Waals surface area contributed by atoms with Crippen molar-refractivity contribution < 1.29 is 4.79 Å². The van der Waals surface area contributed by atoms with E-state index in [1.807, 2.05) is 4.90 Å². The molecular weight excluding hydrogens is 190 g/mol. The van der Waals surface area contributed by atoms with E-state index in [1.165, 1.54) is 0 Å². The van der Waals surface area contributed by atoms with Crippen LogP contribution < -0.4 is 11.1 Å². The number of rotatable bonds is 4. The third-order valence-corrected chi connectivity index (χ3v) is 3.22. The molecule has 0 saturated carbocycles. The van der Waals surface area contributed by atoms with Crippen LogP contribution in [0.15, 0.2) is 0 Å². The molecule has 1 aliphatic rings. The van der Waals surface area contributed by atoms with Gasteiger partial charge in [-0.1, -0.05) is 13.8 Å². The monoisotopic (exact) mass is 213 g/mol. The summed E-state index contributed by atoms with van der Waals surface area (Å²) in [7, 11) is 0. The van der Waals surface area contributed by atoms with Gasteiger partial charge in [0.2, 0.25) is 0 Å². The second-order valence-electron chi connectivity index (χ2n) is 5.26. The molecule has 0 bridgehead atoms. The zero-order valence-corrected chi connectivity index (χ0v) is 10.2. The number of nitrogens with zero attached hydrogens (tertiary/aromatic N) is 1. The van der Waals surface area contributed by atoms with Crippen LogP contribution in [0.25, 0.3) is 0 Å². The Hall–Kier alpha value is -0.770. The lowest BCUT2D eigenvalue weighted by Crippen LogP contribution is -2.47. The molecule has 15 heavy (non-hydrogen) atoms. The van der Waals surface area contributed by atoms with Gasteiger partial charge >= 0.3 is 6.03 Å². The standard InChI is InChI=1S/C11H23N3O/c1-8(2)9-7-14(10(15)13-9)11(3,4)5-6-12/h8-9H,5-7,12H2,1-4H3,(H,13,15). The van der Waals surface area contributed by atoms with Crippen molar-refractivity contribution in [1.29, 1.82) is 0 Å². The number of amides is 2. The Bertz CT molecular complexity index is 238. The first-order valence-corrected chi connectivity index (χ1v) is 5.66. The normalized spacial score (nSPS) is 22.4. The molecule has 0 aliphatic carbocycles. The highest BCUT2D eigenvalue weighted by Gasteiger charge is 2.38. The topological polar surface area (TPSA) is 58.4 Å². The number of nitrogens with two attached hydrogens (primary N) is 1. The highest BCUT2D eigenvalue weighted by Crippen LogP contribution is 2.24. The van der Waals surface area contributed by atoms with Crippen LogP contribution in [0, 0.1) is 5.92 Å². The maximum Gasteiger partial charge on any atom is 0.318 e. The quantitative estimate of drug-likeness (QED) is 0.736. The molecule has 0 radical (unpaired) electrons. The summed E-state index contributed by atoms with van der Waals surface area (Å²) in [4.78, 5) is 13.7. The Kier molecular flexibility index (Phi) is 3.60. The van der Waals surface area contributed by atoms with Crippen LogP contribution in [-0.4, -0.2) is 35.6 Å². The molecule has 88 valence electrons. The van der Waals surface area contributed by atoms with Crippen molar-refractivity contribution in [2.45, 2.75) is 45.7 Å². The van der Waals surface area contributed by atoms with E-state index in [2.05, 4.69) is 33.0 Å². The van der Waals surface area contributed by atoms with E-state index in [0.717, 1.165) is 13.0 Å². The van der Waals surface area contributed by atoms with Gasteiger partial charge in [-0.25, -0.2) is 4.79 Å². The lowest BCUT2D eigenvalue weighted by Gasteiger charge is -2.34. The van der Waals surface area contributed by atoms with E-state index in [-0.39, 0.29) is 17.6 Å². The molecule has 1 rings (SSSR count). The van der Waals surface area contributed by atoms with Crippen molar-refractivity contribution in [3.63, 3.8) is 0 Å². The molecule has 0 aromatic rings. The molecule has 2 amide bonds. The van der Waals surface area contributed by atoms with E-state index in [9.17, 15) is 4.79 Å². The van der Waals surface area contributed by atoms with Gasteiger partial charge in [-0.2, -0.15) is 0 Å². The number of nitrogens with one attached hydrogen (secondary N) is 1. The van der Waals surface area contributed by atoms with E-state index in [1.54, 1.807) is 0 Å². The molecule has 1 saturated heterocycles.